The van der Waals surface area contributed by atoms with Gasteiger partial charge in [-0.3, -0.25) is 0 Å². The lowest BCUT2D eigenvalue weighted by Crippen LogP contribution is -2.57. The van der Waals surface area contributed by atoms with E-state index in [1.807, 2.05) is 26.0 Å². The van der Waals surface area contributed by atoms with Crippen LogP contribution in [0, 0.1) is 29.1 Å². The minimum absolute atomic E-state index is 0.231. The summed E-state index contributed by atoms with van der Waals surface area (Å²) in [6.07, 6.45) is 17.0. The first kappa shape index (κ1) is 28.6. The van der Waals surface area contributed by atoms with Gasteiger partial charge in [-0.2, -0.15) is 0 Å². The summed E-state index contributed by atoms with van der Waals surface area (Å²) in [7, 11) is 0. The van der Waals surface area contributed by atoms with Crippen molar-refractivity contribution < 1.29 is 24.8 Å². The Morgan fingerprint density at radius 3 is 2.34 bits per heavy atom. The fraction of sp³-hybridized carbons (Fsp3) is 0.800. The molecule has 0 spiro atoms. The molecule has 4 N–H and O–H groups in total. The highest BCUT2D eigenvalue weighted by atomic mass is 19.1. The zero-order valence-corrected chi connectivity index (χ0v) is 22.3. The number of fused-ring (bicyclic) bond motifs is 1. The van der Waals surface area contributed by atoms with Crippen LogP contribution in [-0.4, -0.2) is 50.5 Å². The molecule has 0 radical (unpaired) electrons. The summed E-state index contributed by atoms with van der Waals surface area (Å²) < 4.78 is 13.2. The monoisotopic (exact) mass is 492 g/mol. The van der Waals surface area contributed by atoms with Gasteiger partial charge in [-0.1, -0.05) is 70.1 Å². The highest BCUT2D eigenvalue weighted by Crippen LogP contribution is 2.60. The molecule has 4 nitrogen and oxygen atoms in total. The van der Waals surface area contributed by atoms with Crippen molar-refractivity contribution in [3.05, 3.63) is 36.0 Å². The number of allylic oxidation sites excluding steroid dienone is 4. The lowest BCUT2D eigenvalue weighted by molar-refractivity contribution is -0.165. The Balaban J connectivity index is 1.63. The van der Waals surface area contributed by atoms with Crippen molar-refractivity contribution in [1.29, 1.82) is 0 Å². The highest BCUT2D eigenvalue weighted by molar-refractivity contribution is 5.17. The fourth-order valence-corrected chi connectivity index (χ4v) is 7.44. The molecule has 0 saturated heterocycles. The summed E-state index contributed by atoms with van der Waals surface area (Å²) in [5, 5.41) is 41.1. The van der Waals surface area contributed by atoms with Crippen molar-refractivity contribution in [1.82, 2.24) is 0 Å². The molecule has 0 amide bonds. The van der Waals surface area contributed by atoms with E-state index in [-0.39, 0.29) is 12.8 Å². The Morgan fingerprint density at radius 1 is 1.09 bits per heavy atom. The molecule has 3 aliphatic rings. The predicted molar refractivity (Wildman–Crippen MR) is 140 cm³/mol. The third kappa shape index (κ3) is 5.95. The molecule has 0 aromatic heterocycles. The van der Waals surface area contributed by atoms with Crippen molar-refractivity contribution >= 4 is 0 Å². The minimum Gasteiger partial charge on any atom is -0.390 e. The molecule has 3 rings (SSSR count). The minimum atomic E-state index is -2.04. The maximum absolute atomic E-state index is 13.2. The van der Waals surface area contributed by atoms with Crippen LogP contribution in [0.3, 0.4) is 0 Å². The molecule has 0 heterocycles. The Bertz CT molecular complexity index is 771. The molecule has 3 unspecified atom stereocenters. The quantitative estimate of drug-likeness (QED) is 0.248. The van der Waals surface area contributed by atoms with E-state index >= 15 is 0 Å². The number of hydrogen-bond acceptors (Lipinski definition) is 4. The standard InChI is InChI=1S/C30H49FO4/c1-5-29(34,6-2)17-8-7-10-21(3)24-14-15-25-23(11-9-16-28(24,25)4)13-12-22-18-26(32)30(35,20-31)27(33)19-22/h7-8,10,12,17,21,23-27,32-35H,5-6,9,11,13-16,18-20H2,1-4H3/b10-7+,17-8+,22-12?/t21-,23-,24?,25?,26-,27-,28?,30?/m1/s1. The molecule has 35 heavy (non-hydrogen) atoms. The van der Waals surface area contributed by atoms with Crippen molar-refractivity contribution in [3.63, 3.8) is 0 Å². The zero-order chi connectivity index (χ0) is 25.9. The average molecular weight is 493 g/mol. The third-order valence-electron chi connectivity index (χ3n) is 10.1. The molecule has 5 heteroatoms. The molecular formula is C30H49FO4. The molecule has 0 aliphatic heterocycles. The van der Waals surface area contributed by atoms with Gasteiger partial charge in [-0.05, 0) is 86.9 Å². The number of rotatable bonds is 9. The average Bonchev–Trinajstić information content (AvgIpc) is 3.21. The molecule has 0 bridgehead atoms. The van der Waals surface area contributed by atoms with Crippen LogP contribution in [0.4, 0.5) is 4.39 Å². The maximum Gasteiger partial charge on any atom is 0.145 e. The molecule has 3 fully saturated rings. The smallest absolute Gasteiger partial charge is 0.145 e. The van der Waals surface area contributed by atoms with Crippen LogP contribution in [-0.2, 0) is 0 Å². The van der Waals surface area contributed by atoms with E-state index in [1.54, 1.807) is 0 Å². The van der Waals surface area contributed by atoms with Gasteiger partial charge in [0.05, 0.1) is 17.8 Å². The van der Waals surface area contributed by atoms with E-state index in [0.29, 0.717) is 29.1 Å². The second kappa shape index (κ2) is 11.6. The van der Waals surface area contributed by atoms with Gasteiger partial charge in [0.15, 0.2) is 0 Å². The molecule has 200 valence electrons. The van der Waals surface area contributed by atoms with Crippen LogP contribution in [0.15, 0.2) is 36.0 Å². The molecule has 7 atom stereocenters. The van der Waals surface area contributed by atoms with Crippen molar-refractivity contribution in [2.75, 3.05) is 6.67 Å². The molecule has 3 saturated carbocycles. The summed E-state index contributed by atoms with van der Waals surface area (Å²) in [6.45, 7) is 7.71. The summed E-state index contributed by atoms with van der Waals surface area (Å²) in [4.78, 5) is 0. The predicted octanol–water partition coefficient (Wildman–Crippen LogP) is 5.65. The lowest BCUT2D eigenvalue weighted by Gasteiger charge is -2.46. The van der Waals surface area contributed by atoms with E-state index in [2.05, 4.69) is 32.1 Å². The zero-order valence-electron chi connectivity index (χ0n) is 22.3. The van der Waals surface area contributed by atoms with Gasteiger partial charge in [-0.25, -0.2) is 4.39 Å². The van der Waals surface area contributed by atoms with Gasteiger partial charge in [0.25, 0.3) is 0 Å². The van der Waals surface area contributed by atoms with Crippen molar-refractivity contribution in [2.24, 2.45) is 29.1 Å². The highest BCUT2D eigenvalue weighted by Gasteiger charge is 2.52. The second-order valence-electron chi connectivity index (χ2n) is 12.0. The van der Waals surface area contributed by atoms with Crippen molar-refractivity contribution in [2.45, 2.75) is 115 Å². The SMILES string of the molecule is CCC(O)(/C=C/C=C/[C@@H](C)C1CCC2[C@@H](CC=C3C[C@@H](O)C(O)(CF)[C@H](O)C3)CCCC21C)CC. The van der Waals surface area contributed by atoms with E-state index in [0.717, 1.165) is 24.8 Å². The third-order valence-corrected chi connectivity index (χ3v) is 10.1. The molecular weight excluding hydrogens is 443 g/mol. The number of aliphatic hydroxyl groups excluding tert-OH is 2. The maximum atomic E-state index is 13.2. The Labute approximate surface area is 212 Å². The number of aliphatic hydroxyl groups is 4. The summed E-state index contributed by atoms with van der Waals surface area (Å²) in [5.74, 6) is 2.37. The van der Waals surface area contributed by atoms with Gasteiger partial charge >= 0.3 is 0 Å². The van der Waals surface area contributed by atoms with E-state index in [4.69, 9.17) is 0 Å². The normalized spacial score (nSPS) is 39.3. The van der Waals surface area contributed by atoms with Gasteiger partial charge in [-0.15, -0.1) is 0 Å². The van der Waals surface area contributed by atoms with Crippen molar-refractivity contribution in [3.8, 4) is 0 Å². The first-order chi connectivity index (χ1) is 16.5. The van der Waals surface area contributed by atoms with Crippen LogP contribution in [0.5, 0.6) is 0 Å². The lowest BCUT2D eigenvalue weighted by atomic mass is 9.59. The number of hydrogen-bond donors (Lipinski definition) is 4. The van der Waals surface area contributed by atoms with Gasteiger partial charge in [0, 0.05) is 0 Å². The van der Waals surface area contributed by atoms with Gasteiger partial charge in [0.1, 0.15) is 12.3 Å². The molecule has 0 aromatic carbocycles. The van der Waals surface area contributed by atoms with Crippen LogP contribution < -0.4 is 0 Å². The Kier molecular flexibility index (Phi) is 9.45. The van der Waals surface area contributed by atoms with Gasteiger partial charge < -0.3 is 20.4 Å². The molecule has 0 aromatic rings. The van der Waals surface area contributed by atoms with Crippen LogP contribution in [0.2, 0.25) is 0 Å². The van der Waals surface area contributed by atoms with E-state index < -0.39 is 30.1 Å². The first-order valence-corrected chi connectivity index (χ1v) is 13.9. The topological polar surface area (TPSA) is 80.9 Å². The summed E-state index contributed by atoms with van der Waals surface area (Å²) in [6, 6.07) is 0. The fourth-order valence-electron chi connectivity index (χ4n) is 7.44. The Hall–Kier alpha value is -1.01. The molecule has 3 aliphatic carbocycles. The number of alkyl halides is 1. The first-order valence-electron chi connectivity index (χ1n) is 13.9. The Morgan fingerprint density at radius 2 is 1.74 bits per heavy atom. The summed E-state index contributed by atoms with van der Waals surface area (Å²) in [5.41, 5.74) is -1.50. The van der Waals surface area contributed by atoms with E-state index in [1.165, 1.54) is 32.1 Å². The summed E-state index contributed by atoms with van der Waals surface area (Å²) >= 11 is 0. The van der Waals surface area contributed by atoms with Gasteiger partial charge in [0.2, 0.25) is 0 Å². The largest absolute Gasteiger partial charge is 0.390 e. The van der Waals surface area contributed by atoms with Crippen LogP contribution >= 0.6 is 0 Å². The number of halogens is 1. The second-order valence-corrected chi connectivity index (χ2v) is 12.0. The van der Waals surface area contributed by atoms with Crippen LogP contribution in [0.1, 0.15) is 91.9 Å². The van der Waals surface area contributed by atoms with Crippen LogP contribution in [0.25, 0.3) is 0 Å². The van der Waals surface area contributed by atoms with E-state index in [9.17, 15) is 24.8 Å².